The molecular formula is C7H13ClN4. The highest BCUT2D eigenvalue weighted by molar-refractivity contribution is 5.85. The van der Waals surface area contributed by atoms with E-state index in [-0.39, 0.29) is 12.4 Å². The fraction of sp³-hybridized carbons (Fsp3) is 0.571. The summed E-state index contributed by atoms with van der Waals surface area (Å²) in [6.45, 7) is 3.10. The Labute approximate surface area is 77.5 Å². The molecule has 1 aromatic heterocycles. The van der Waals surface area contributed by atoms with Gasteiger partial charge in [-0.3, -0.25) is 5.10 Å². The molecule has 1 aliphatic heterocycles. The van der Waals surface area contributed by atoms with Crippen LogP contribution in [-0.2, 0) is 0 Å². The maximum absolute atomic E-state index is 3.90. The van der Waals surface area contributed by atoms with Gasteiger partial charge in [0.05, 0.1) is 6.20 Å². The normalized spacial score (nSPS) is 23.2. The summed E-state index contributed by atoms with van der Waals surface area (Å²) in [6, 6.07) is 0.433. The van der Waals surface area contributed by atoms with Crippen molar-refractivity contribution in [2.75, 3.05) is 19.6 Å². The largest absolute Gasteiger partial charge is 0.314 e. The summed E-state index contributed by atoms with van der Waals surface area (Å²) >= 11 is 0. The van der Waals surface area contributed by atoms with Crippen LogP contribution < -0.4 is 10.6 Å². The molecule has 0 bridgehead atoms. The standard InChI is InChI=1S/C7H12N4.ClH/c1-2-9-7(5-8-1)6-3-10-11-4-6;/h3-4,7-9H,1-2,5H2,(H,10,11);1H. The van der Waals surface area contributed by atoms with Crippen molar-refractivity contribution >= 4 is 12.4 Å². The number of aromatic amines is 1. The number of nitrogens with one attached hydrogen (secondary N) is 3. The lowest BCUT2D eigenvalue weighted by molar-refractivity contribution is 0.430. The van der Waals surface area contributed by atoms with E-state index in [1.165, 1.54) is 5.56 Å². The van der Waals surface area contributed by atoms with Gasteiger partial charge in [0.2, 0.25) is 0 Å². The number of nitrogens with zero attached hydrogens (tertiary/aromatic N) is 1. The van der Waals surface area contributed by atoms with Crippen LogP contribution in [0.5, 0.6) is 0 Å². The Morgan fingerprint density at radius 1 is 1.42 bits per heavy atom. The summed E-state index contributed by atoms with van der Waals surface area (Å²) in [4.78, 5) is 0. The lowest BCUT2D eigenvalue weighted by Crippen LogP contribution is -2.42. The number of hydrogen-bond acceptors (Lipinski definition) is 3. The Bertz CT molecular complexity index is 205. The molecule has 0 radical (unpaired) electrons. The van der Waals surface area contributed by atoms with Crippen molar-refractivity contribution in [1.29, 1.82) is 0 Å². The number of halogens is 1. The van der Waals surface area contributed by atoms with E-state index in [4.69, 9.17) is 0 Å². The zero-order chi connectivity index (χ0) is 7.52. The fourth-order valence-corrected chi connectivity index (χ4v) is 1.34. The minimum atomic E-state index is 0. The Hall–Kier alpha value is -0.580. The van der Waals surface area contributed by atoms with E-state index in [1.807, 2.05) is 12.4 Å². The second kappa shape index (κ2) is 4.45. The third-order valence-corrected chi connectivity index (χ3v) is 1.96. The van der Waals surface area contributed by atoms with E-state index < -0.39 is 0 Å². The monoisotopic (exact) mass is 188 g/mol. The zero-order valence-corrected chi connectivity index (χ0v) is 7.53. The summed E-state index contributed by atoms with van der Waals surface area (Å²) in [5.41, 5.74) is 1.23. The van der Waals surface area contributed by atoms with Gasteiger partial charge in [0, 0.05) is 37.4 Å². The molecule has 0 spiro atoms. The molecule has 1 fully saturated rings. The number of piperazine rings is 1. The van der Waals surface area contributed by atoms with E-state index in [0.717, 1.165) is 19.6 Å². The molecule has 5 heteroatoms. The predicted molar refractivity (Wildman–Crippen MR) is 49.4 cm³/mol. The van der Waals surface area contributed by atoms with E-state index in [9.17, 15) is 0 Å². The molecule has 1 aliphatic rings. The zero-order valence-electron chi connectivity index (χ0n) is 6.71. The molecule has 1 atom stereocenters. The smallest absolute Gasteiger partial charge is 0.0535 e. The van der Waals surface area contributed by atoms with Crippen LogP contribution in [0.3, 0.4) is 0 Å². The number of H-pyrrole nitrogens is 1. The molecule has 0 aliphatic carbocycles. The van der Waals surface area contributed by atoms with Gasteiger partial charge in [-0.05, 0) is 0 Å². The Kier molecular flexibility index (Phi) is 3.52. The maximum atomic E-state index is 3.90. The first kappa shape index (κ1) is 9.51. The van der Waals surface area contributed by atoms with Crippen LogP contribution >= 0.6 is 12.4 Å². The molecule has 1 aromatic rings. The average molecular weight is 189 g/mol. The first-order valence-electron chi connectivity index (χ1n) is 3.89. The Balaban J connectivity index is 0.000000720. The number of aromatic nitrogens is 2. The van der Waals surface area contributed by atoms with Crippen molar-refractivity contribution in [3.8, 4) is 0 Å². The van der Waals surface area contributed by atoms with Crippen molar-refractivity contribution < 1.29 is 0 Å². The highest BCUT2D eigenvalue weighted by Crippen LogP contribution is 2.10. The third-order valence-electron chi connectivity index (χ3n) is 1.96. The Morgan fingerprint density at radius 2 is 2.33 bits per heavy atom. The maximum Gasteiger partial charge on any atom is 0.0535 e. The van der Waals surface area contributed by atoms with Crippen LogP contribution in [0.15, 0.2) is 12.4 Å². The molecule has 1 saturated heterocycles. The molecule has 2 heterocycles. The van der Waals surface area contributed by atoms with E-state index in [2.05, 4.69) is 20.8 Å². The topological polar surface area (TPSA) is 52.7 Å². The van der Waals surface area contributed by atoms with Gasteiger partial charge in [0.25, 0.3) is 0 Å². The van der Waals surface area contributed by atoms with Crippen molar-refractivity contribution in [3.05, 3.63) is 18.0 Å². The van der Waals surface area contributed by atoms with Gasteiger partial charge in [-0.1, -0.05) is 0 Å². The van der Waals surface area contributed by atoms with Gasteiger partial charge in [0.15, 0.2) is 0 Å². The molecule has 2 rings (SSSR count). The van der Waals surface area contributed by atoms with Crippen LogP contribution in [0.4, 0.5) is 0 Å². The van der Waals surface area contributed by atoms with Crippen LogP contribution in [0.2, 0.25) is 0 Å². The summed E-state index contributed by atoms with van der Waals surface area (Å²) < 4.78 is 0. The van der Waals surface area contributed by atoms with Crippen molar-refractivity contribution in [2.45, 2.75) is 6.04 Å². The first-order chi connectivity index (χ1) is 5.47. The van der Waals surface area contributed by atoms with Crippen molar-refractivity contribution in [1.82, 2.24) is 20.8 Å². The van der Waals surface area contributed by atoms with Gasteiger partial charge in [-0.25, -0.2) is 0 Å². The number of rotatable bonds is 1. The van der Waals surface area contributed by atoms with Gasteiger partial charge < -0.3 is 10.6 Å². The van der Waals surface area contributed by atoms with Crippen molar-refractivity contribution in [2.24, 2.45) is 0 Å². The van der Waals surface area contributed by atoms with Crippen LogP contribution in [0, 0.1) is 0 Å². The highest BCUT2D eigenvalue weighted by atomic mass is 35.5. The van der Waals surface area contributed by atoms with E-state index >= 15 is 0 Å². The van der Waals surface area contributed by atoms with Crippen LogP contribution in [-0.4, -0.2) is 29.8 Å². The summed E-state index contributed by atoms with van der Waals surface area (Å²) in [6.07, 6.45) is 3.80. The predicted octanol–water partition coefficient (Wildman–Crippen LogP) is 0.0654. The average Bonchev–Trinajstić information content (AvgIpc) is 2.58. The molecule has 0 saturated carbocycles. The minimum Gasteiger partial charge on any atom is -0.314 e. The Morgan fingerprint density at radius 3 is 2.92 bits per heavy atom. The molecule has 0 aromatic carbocycles. The fourth-order valence-electron chi connectivity index (χ4n) is 1.34. The third kappa shape index (κ3) is 1.97. The quantitative estimate of drug-likeness (QED) is 0.585. The van der Waals surface area contributed by atoms with E-state index in [1.54, 1.807) is 0 Å². The van der Waals surface area contributed by atoms with Crippen LogP contribution in [0.1, 0.15) is 11.6 Å². The number of hydrogen-bond donors (Lipinski definition) is 3. The van der Waals surface area contributed by atoms with E-state index in [0.29, 0.717) is 6.04 Å². The molecule has 68 valence electrons. The lowest BCUT2D eigenvalue weighted by Gasteiger charge is -2.23. The highest BCUT2D eigenvalue weighted by Gasteiger charge is 2.13. The second-order valence-electron chi connectivity index (χ2n) is 2.74. The minimum absolute atomic E-state index is 0. The molecule has 4 nitrogen and oxygen atoms in total. The van der Waals surface area contributed by atoms with Gasteiger partial charge >= 0.3 is 0 Å². The molecule has 1 unspecified atom stereocenters. The lowest BCUT2D eigenvalue weighted by atomic mass is 10.1. The van der Waals surface area contributed by atoms with Gasteiger partial charge in [-0.15, -0.1) is 12.4 Å². The summed E-state index contributed by atoms with van der Waals surface area (Å²) in [5, 5.41) is 13.4. The second-order valence-corrected chi connectivity index (χ2v) is 2.74. The molecule has 12 heavy (non-hydrogen) atoms. The molecule has 3 N–H and O–H groups in total. The van der Waals surface area contributed by atoms with Gasteiger partial charge in [0.1, 0.15) is 0 Å². The van der Waals surface area contributed by atoms with Crippen LogP contribution in [0.25, 0.3) is 0 Å². The molecule has 0 amide bonds. The van der Waals surface area contributed by atoms with Gasteiger partial charge in [-0.2, -0.15) is 5.10 Å². The SMILES string of the molecule is Cl.c1n[nH]cc1C1CNCCN1. The molecular weight excluding hydrogens is 176 g/mol. The summed E-state index contributed by atoms with van der Waals surface area (Å²) in [7, 11) is 0. The first-order valence-corrected chi connectivity index (χ1v) is 3.89. The summed E-state index contributed by atoms with van der Waals surface area (Å²) in [5.74, 6) is 0. The van der Waals surface area contributed by atoms with Crippen molar-refractivity contribution in [3.63, 3.8) is 0 Å².